The maximum absolute atomic E-state index is 13.4. The van der Waals surface area contributed by atoms with Crippen molar-refractivity contribution in [3.63, 3.8) is 0 Å². The Kier molecular flexibility index (Phi) is 7.99. The number of rotatable bonds is 7. The van der Waals surface area contributed by atoms with Crippen LogP contribution in [0.1, 0.15) is 49.1 Å². The molecule has 2 amide bonds. The van der Waals surface area contributed by atoms with Crippen molar-refractivity contribution in [2.75, 3.05) is 5.88 Å². The maximum Gasteiger partial charge on any atom is 0.247 e. The Morgan fingerprint density at radius 2 is 1.86 bits per heavy atom. The third-order valence-corrected chi connectivity index (χ3v) is 6.79. The highest BCUT2D eigenvalue weighted by Gasteiger charge is 2.33. The van der Waals surface area contributed by atoms with Crippen LogP contribution in [0, 0.1) is 5.92 Å². The van der Waals surface area contributed by atoms with Crippen LogP contribution in [-0.4, -0.2) is 28.6 Å². The summed E-state index contributed by atoms with van der Waals surface area (Å²) in [4.78, 5) is 28.7. The minimum Gasteiger partial charge on any atom is -0.351 e. The van der Waals surface area contributed by atoms with Gasteiger partial charge in [0.15, 0.2) is 0 Å². The van der Waals surface area contributed by atoms with E-state index in [0.29, 0.717) is 17.5 Å². The number of halogens is 2. The molecule has 0 radical (unpaired) electrons. The predicted molar refractivity (Wildman–Crippen MR) is 119 cm³/mol. The van der Waals surface area contributed by atoms with Crippen LogP contribution in [0.4, 0.5) is 0 Å². The smallest absolute Gasteiger partial charge is 0.247 e. The van der Waals surface area contributed by atoms with E-state index in [2.05, 4.69) is 12.2 Å². The molecule has 0 unspecified atom stereocenters. The van der Waals surface area contributed by atoms with E-state index >= 15 is 0 Å². The van der Waals surface area contributed by atoms with Crippen LogP contribution in [0.3, 0.4) is 0 Å². The fourth-order valence-corrected chi connectivity index (χ4v) is 4.76. The lowest BCUT2D eigenvalue weighted by molar-refractivity contribution is -0.140. The number of thiophene rings is 1. The summed E-state index contributed by atoms with van der Waals surface area (Å²) in [6, 6.07) is 10.4. The van der Waals surface area contributed by atoms with E-state index in [1.165, 1.54) is 0 Å². The van der Waals surface area contributed by atoms with Crippen LogP contribution in [0.25, 0.3) is 0 Å². The zero-order valence-corrected chi connectivity index (χ0v) is 18.8. The molecule has 1 aromatic heterocycles. The predicted octanol–water partition coefficient (Wildman–Crippen LogP) is 5.41. The Morgan fingerprint density at radius 3 is 2.45 bits per heavy atom. The van der Waals surface area contributed by atoms with Gasteiger partial charge in [0.2, 0.25) is 11.8 Å². The topological polar surface area (TPSA) is 49.4 Å². The van der Waals surface area contributed by atoms with E-state index in [-0.39, 0.29) is 23.7 Å². The molecule has 2 aromatic rings. The number of alkyl halides is 1. The molecule has 0 bridgehead atoms. The summed E-state index contributed by atoms with van der Waals surface area (Å²) in [5.41, 5.74) is 0.728. The van der Waals surface area contributed by atoms with Gasteiger partial charge in [-0.25, -0.2) is 0 Å². The fraction of sp³-hybridized carbons (Fsp3) is 0.455. The molecular formula is C22H26Cl2N2O2S. The third-order valence-electron chi connectivity index (χ3n) is 5.45. The molecular weight excluding hydrogens is 427 g/mol. The highest BCUT2D eigenvalue weighted by atomic mass is 35.5. The van der Waals surface area contributed by atoms with Crippen molar-refractivity contribution in [3.05, 3.63) is 57.2 Å². The lowest BCUT2D eigenvalue weighted by atomic mass is 9.87. The summed E-state index contributed by atoms with van der Waals surface area (Å²) in [6.45, 7) is 2.59. The standard InChI is InChI=1S/C22H26Cl2N2O2S/c1-15-4-10-18(11-5-15)25-22(28)21(16-6-8-17(24)9-7-16)26(20(27)13-23)14-19-3-2-12-29-19/h2-3,6-9,12,15,18,21H,4-5,10-11,13-14H2,1H3,(H,25,28)/t15?,18?,21-/m1/s1. The summed E-state index contributed by atoms with van der Waals surface area (Å²) in [7, 11) is 0. The van der Waals surface area contributed by atoms with Crippen LogP contribution >= 0.6 is 34.5 Å². The van der Waals surface area contributed by atoms with Crippen LogP contribution < -0.4 is 5.32 Å². The summed E-state index contributed by atoms with van der Waals surface area (Å²) in [5, 5.41) is 5.73. The summed E-state index contributed by atoms with van der Waals surface area (Å²) >= 11 is 13.5. The normalized spacial score (nSPS) is 20.1. The number of carbonyl (C=O) groups is 2. The van der Waals surface area contributed by atoms with Crippen LogP contribution in [-0.2, 0) is 16.1 Å². The van der Waals surface area contributed by atoms with Gasteiger partial charge in [-0.05, 0) is 60.7 Å². The quantitative estimate of drug-likeness (QED) is 0.571. The first-order chi connectivity index (χ1) is 14.0. The molecule has 1 aliphatic rings. The monoisotopic (exact) mass is 452 g/mol. The molecule has 4 nitrogen and oxygen atoms in total. The van der Waals surface area contributed by atoms with Gasteiger partial charge in [-0.15, -0.1) is 22.9 Å². The van der Waals surface area contributed by atoms with Gasteiger partial charge in [-0.1, -0.05) is 36.7 Å². The summed E-state index contributed by atoms with van der Waals surface area (Å²) < 4.78 is 0. The molecule has 1 saturated carbocycles. The maximum atomic E-state index is 13.4. The number of hydrogen-bond acceptors (Lipinski definition) is 3. The van der Waals surface area contributed by atoms with Crippen molar-refractivity contribution in [1.82, 2.24) is 10.2 Å². The summed E-state index contributed by atoms with van der Waals surface area (Å²) in [6.07, 6.45) is 4.15. The highest BCUT2D eigenvalue weighted by Crippen LogP contribution is 2.29. The van der Waals surface area contributed by atoms with Gasteiger partial charge in [0.05, 0.1) is 6.54 Å². The van der Waals surface area contributed by atoms with Crippen LogP contribution in [0.15, 0.2) is 41.8 Å². The first-order valence-electron chi connectivity index (χ1n) is 9.91. The molecule has 7 heteroatoms. The van der Waals surface area contributed by atoms with E-state index < -0.39 is 6.04 Å². The first kappa shape index (κ1) is 22.1. The van der Waals surface area contributed by atoms with E-state index in [1.54, 1.807) is 40.5 Å². The average Bonchev–Trinajstić information content (AvgIpc) is 3.23. The number of carbonyl (C=O) groups excluding carboxylic acids is 2. The van der Waals surface area contributed by atoms with Crippen molar-refractivity contribution in [2.24, 2.45) is 5.92 Å². The van der Waals surface area contributed by atoms with Gasteiger partial charge in [0.1, 0.15) is 11.9 Å². The number of hydrogen-bond donors (Lipinski definition) is 1. The van der Waals surface area contributed by atoms with Gasteiger partial charge >= 0.3 is 0 Å². The van der Waals surface area contributed by atoms with Gasteiger partial charge in [0, 0.05) is 15.9 Å². The van der Waals surface area contributed by atoms with E-state index in [0.717, 1.165) is 36.1 Å². The van der Waals surface area contributed by atoms with Crippen LogP contribution in [0.2, 0.25) is 5.02 Å². The molecule has 0 spiro atoms. The zero-order chi connectivity index (χ0) is 20.8. The average molecular weight is 453 g/mol. The molecule has 3 rings (SSSR count). The second-order valence-electron chi connectivity index (χ2n) is 7.65. The second kappa shape index (κ2) is 10.5. The molecule has 29 heavy (non-hydrogen) atoms. The molecule has 156 valence electrons. The van der Waals surface area contributed by atoms with E-state index in [4.69, 9.17) is 23.2 Å². The fourth-order valence-electron chi connectivity index (χ4n) is 3.77. The molecule has 1 aromatic carbocycles. The number of benzene rings is 1. The zero-order valence-electron chi connectivity index (χ0n) is 16.4. The Morgan fingerprint density at radius 1 is 1.17 bits per heavy atom. The molecule has 1 N–H and O–H groups in total. The Balaban J connectivity index is 1.88. The SMILES string of the molecule is CC1CCC(NC(=O)[C@@H](c2ccc(Cl)cc2)N(Cc2cccs2)C(=O)CCl)CC1. The minimum absolute atomic E-state index is 0.142. The molecule has 1 aliphatic carbocycles. The number of amides is 2. The number of nitrogens with zero attached hydrogens (tertiary/aromatic N) is 1. The van der Waals surface area contributed by atoms with E-state index in [9.17, 15) is 9.59 Å². The van der Waals surface area contributed by atoms with Gasteiger partial charge in [0.25, 0.3) is 0 Å². The van der Waals surface area contributed by atoms with Crippen LogP contribution in [0.5, 0.6) is 0 Å². The van der Waals surface area contributed by atoms with Gasteiger partial charge < -0.3 is 10.2 Å². The highest BCUT2D eigenvalue weighted by molar-refractivity contribution is 7.09. The molecule has 0 saturated heterocycles. The first-order valence-corrected chi connectivity index (χ1v) is 11.7. The number of nitrogens with one attached hydrogen (secondary N) is 1. The van der Waals surface area contributed by atoms with E-state index in [1.807, 2.05) is 17.5 Å². The molecule has 1 fully saturated rings. The largest absolute Gasteiger partial charge is 0.351 e. The lowest BCUT2D eigenvalue weighted by Crippen LogP contribution is -2.47. The minimum atomic E-state index is -0.750. The van der Waals surface area contributed by atoms with Crippen molar-refractivity contribution < 1.29 is 9.59 Å². The van der Waals surface area contributed by atoms with Gasteiger partial charge in [-0.3, -0.25) is 9.59 Å². The second-order valence-corrected chi connectivity index (χ2v) is 9.39. The summed E-state index contributed by atoms with van der Waals surface area (Å²) in [5.74, 6) is 0.0849. The molecule has 1 heterocycles. The van der Waals surface area contributed by atoms with Crippen molar-refractivity contribution in [1.29, 1.82) is 0 Å². The Hall–Kier alpha value is -1.56. The van der Waals surface area contributed by atoms with Crippen molar-refractivity contribution in [2.45, 2.75) is 51.2 Å². The molecule has 1 atom stereocenters. The molecule has 0 aliphatic heterocycles. The van der Waals surface area contributed by atoms with Crippen molar-refractivity contribution in [3.8, 4) is 0 Å². The van der Waals surface area contributed by atoms with Crippen molar-refractivity contribution >= 4 is 46.4 Å². The Labute approximate surface area is 186 Å². The third kappa shape index (κ3) is 5.97. The lowest BCUT2D eigenvalue weighted by Gasteiger charge is -2.33. The van der Waals surface area contributed by atoms with Gasteiger partial charge in [-0.2, -0.15) is 0 Å². The Bertz CT molecular complexity index is 803.